The Bertz CT molecular complexity index is 373. The van der Waals surface area contributed by atoms with Crippen molar-refractivity contribution in [1.82, 2.24) is 10.1 Å². The largest absolute Gasteiger partial charge is 0.392 e. The molecule has 2 saturated carbocycles. The Morgan fingerprint density at radius 2 is 1.94 bits per heavy atom. The van der Waals surface area contributed by atoms with Crippen LogP contribution in [0.15, 0.2) is 4.52 Å². The van der Waals surface area contributed by atoms with Crippen LogP contribution in [0.3, 0.4) is 0 Å². The van der Waals surface area contributed by atoms with Crippen LogP contribution in [0.5, 0.6) is 0 Å². The molecule has 0 saturated heterocycles. The van der Waals surface area contributed by atoms with Crippen molar-refractivity contribution in [3.63, 3.8) is 0 Å². The van der Waals surface area contributed by atoms with Gasteiger partial charge in [-0.05, 0) is 31.6 Å². The van der Waals surface area contributed by atoms with Crippen molar-refractivity contribution in [3.05, 3.63) is 11.7 Å². The molecule has 0 bridgehead atoms. The van der Waals surface area contributed by atoms with Crippen LogP contribution in [0.2, 0.25) is 0 Å². The highest BCUT2D eigenvalue weighted by atomic mass is 16.5. The zero-order chi connectivity index (χ0) is 11.7. The van der Waals surface area contributed by atoms with Gasteiger partial charge in [0.05, 0.1) is 12.0 Å². The van der Waals surface area contributed by atoms with Crippen molar-refractivity contribution >= 4 is 0 Å². The molecule has 0 aromatic carbocycles. The molecule has 1 N–H and O–H groups in total. The number of hydrogen-bond donors (Lipinski definition) is 1. The molecule has 17 heavy (non-hydrogen) atoms. The van der Waals surface area contributed by atoms with E-state index in [9.17, 15) is 5.11 Å². The minimum atomic E-state index is -0.299. The van der Waals surface area contributed by atoms with Crippen molar-refractivity contribution in [1.29, 1.82) is 0 Å². The van der Waals surface area contributed by atoms with Gasteiger partial charge in [-0.25, -0.2) is 0 Å². The van der Waals surface area contributed by atoms with E-state index in [1.165, 1.54) is 19.3 Å². The first-order chi connectivity index (χ1) is 8.33. The summed E-state index contributed by atoms with van der Waals surface area (Å²) in [6.45, 7) is 0. The lowest BCUT2D eigenvalue weighted by atomic mass is 9.97. The Kier molecular flexibility index (Phi) is 3.14. The summed E-state index contributed by atoms with van der Waals surface area (Å²) in [4.78, 5) is 4.47. The molecular weight excluding hydrogens is 216 g/mol. The maximum absolute atomic E-state index is 10.1. The van der Waals surface area contributed by atoms with E-state index in [2.05, 4.69) is 10.1 Å². The Hall–Kier alpha value is -0.900. The molecule has 2 unspecified atom stereocenters. The number of aliphatic hydroxyl groups excluding tert-OH is 1. The van der Waals surface area contributed by atoms with Gasteiger partial charge in [0.15, 0.2) is 5.82 Å². The molecule has 2 aliphatic rings. The van der Waals surface area contributed by atoms with Gasteiger partial charge in [0.2, 0.25) is 5.89 Å². The summed E-state index contributed by atoms with van der Waals surface area (Å²) in [6, 6.07) is 0. The summed E-state index contributed by atoms with van der Waals surface area (Å²) in [5.41, 5.74) is 0. The van der Waals surface area contributed by atoms with E-state index >= 15 is 0 Å². The summed E-state index contributed by atoms with van der Waals surface area (Å²) in [7, 11) is 0. The fraction of sp³-hybridized carbons (Fsp3) is 0.846. The van der Waals surface area contributed by atoms with E-state index in [0.717, 1.165) is 43.8 Å². The molecule has 4 heteroatoms. The summed E-state index contributed by atoms with van der Waals surface area (Å²) >= 11 is 0. The number of nitrogens with zero attached hydrogens (tertiary/aromatic N) is 2. The molecule has 0 spiro atoms. The third kappa shape index (κ3) is 2.68. The molecule has 0 amide bonds. The minimum Gasteiger partial charge on any atom is -0.392 e. The second kappa shape index (κ2) is 4.77. The van der Waals surface area contributed by atoms with E-state index < -0.39 is 0 Å². The van der Waals surface area contributed by atoms with Crippen LogP contribution < -0.4 is 0 Å². The van der Waals surface area contributed by atoms with Crippen LogP contribution in [0.25, 0.3) is 0 Å². The third-order valence-electron chi connectivity index (χ3n) is 3.95. The predicted octanol–water partition coefficient (Wildman–Crippen LogP) is 2.43. The molecule has 0 radical (unpaired) electrons. The van der Waals surface area contributed by atoms with E-state index in [1.807, 2.05) is 0 Å². The highest BCUT2D eigenvalue weighted by molar-refractivity contribution is 5.00. The Balaban J connectivity index is 1.70. The lowest BCUT2D eigenvalue weighted by molar-refractivity contribution is 0.119. The van der Waals surface area contributed by atoms with Crippen LogP contribution in [-0.4, -0.2) is 21.4 Å². The normalized spacial score (nSPS) is 30.2. The molecule has 2 fully saturated rings. The quantitative estimate of drug-likeness (QED) is 0.819. The zero-order valence-corrected chi connectivity index (χ0v) is 10.1. The number of hydrogen-bond acceptors (Lipinski definition) is 4. The van der Waals surface area contributed by atoms with Gasteiger partial charge in [-0.1, -0.05) is 24.4 Å². The fourth-order valence-corrected chi connectivity index (χ4v) is 2.66. The fourth-order valence-electron chi connectivity index (χ4n) is 2.66. The van der Waals surface area contributed by atoms with Crippen molar-refractivity contribution in [3.8, 4) is 0 Å². The topological polar surface area (TPSA) is 59.2 Å². The van der Waals surface area contributed by atoms with Gasteiger partial charge in [0.25, 0.3) is 0 Å². The number of rotatable bonds is 3. The number of aromatic nitrogens is 2. The molecule has 4 nitrogen and oxygen atoms in total. The van der Waals surface area contributed by atoms with Gasteiger partial charge in [-0.3, -0.25) is 0 Å². The van der Waals surface area contributed by atoms with Gasteiger partial charge >= 0.3 is 0 Å². The maximum Gasteiger partial charge on any atom is 0.232 e. The molecule has 0 aliphatic heterocycles. The lowest BCUT2D eigenvalue weighted by Gasteiger charge is -2.15. The van der Waals surface area contributed by atoms with Gasteiger partial charge in [0, 0.05) is 6.42 Å². The molecule has 94 valence electrons. The average Bonchev–Trinajstić information content (AvgIpc) is 3.05. The molecule has 1 heterocycles. The minimum absolute atomic E-state index is 0.0675. The predicted molar refractivity (Wildman–Crippen MR) is 62.6 cm³/mol. The van der Waals surface area contributed by atoms with Crippen LogP contribution in [0, 0.1) is 5.92 Å². The third-order valence-corrected chi connectivity index (χ3v) is 3.95. The molecule has 2 atom stereocenters. The first-order valence-electron chi connectivity index (χ1n) is 6.83. The number of aliphatic hydroxyl groups is 1. The van der Waals surface area contributed by atoms with Gasteiger partial charge in [-0.2, -0.15) is 4.98 Å². The summed E-state index contributed by atoms with van der Waals surface area (Å²) in [5, 5.41) is 14.1. The van der Waals surface area contributed by atoms with E-state index in [4.69, 9.17) is 4.52 Å². The smallest absolute Gasteiger partial charge is 0.232 e. The first kappa shape index (κ1) is 11.2. The maximum atomic E-state index is 10.1. The van der Waals surface area contributed by atoms with Crippen LogP contribution >= 0.6 is 0 Å². The van der Waals surface area contributed by atoms with Gasteiger partial charge in [0.1, 0.15) is 0 Å². The van der Waals surface area contributed by atoms with Crippen molar-refractivity contribution in [2.75, 3.05) is 0 Å². The van der Waals surface area contributed by atoms with E-state index in [-0.39, 0.29) is 12.0 Å². The molecule has 3 rings (SSSR count). The molecule has 2 aliphatic carbocycles. The SMILES string of the molecule is OC1CCCCCC1c1nc(CC2CC2)no1. The van der Waals surface area contributed by atoms with E-state index in [0.29, 0.717) is 5.89 Å². The van der Waals surface area contributed by atoms with Gasteiger partial charge in [-0.15, -0.1) is 0 Å². The van der Waals surface area contributed by atoms with Crippen molar-refractivity contribution in [2.45, 2.75) is 63.4 Å². The standard InChI is InChI=1S/C13H20N2O2/c16-11-5-3-1-2-4-10(11)13-14-12(15-17-13)8-9-6-7-9/h9-11,16H,1-8H2. The van der Waals surface area contributed by atoms with Crippen LogP contribution in [0.4, 0.5) is 0 Å². The second-order valence-electron chi connectivity index (χ2n) is 5.51. The van der Waals surface area contributed by atoms with Gasteiger partial charge < -0.3 is 9.63 Å². The summed E-state index contributed by atoms with van der Waals surface area (Å²) < 4.78 is 5.34. The highest BCUT2D eigenvalue weighted by Crippen LogP contribution is 2.34. The molecule has 1 aromatic heterocycles. The monoisotopic (exact) mass is 236 g/mol. The molecular formula is C13H20N2O2. The first-order valence-corrected chi connectivity index (χ1v) is 6.83. The summed E-state index contributed by atoms with van der Waals surface area (Å²) in [5.74, 6) is 2.34. The summed E-state index contributed by atoms with van der Waals surface area (Å²) in [6.07, 6.45) is 8.57. The van der Waals surface area contributed by atoms with Crippen LogP contribution in [0.1, 0.15) is 62.6 Å². The Morgan fingerprint density at radius 3 is 2.76 bits per heavy atom. The van der Waals surface area contributed by atoms with Crippen molar-refractivity contribution < 1.29 is 9.63 Å². The lowest BCUT2D eigenvalue weighted by Crippen LogP contribution is -2.17. The zero-order valence-electron chi connectivity index (χ0n) is 10.1. The Morgan fingerprint density at radius 1 is 1.12 bits per heavy atom. The second-order valence-corrected chi connectivity index (χ2v) is 5.51. The average molecular weight is 236 g/mol. The van der Waals surface area contributed by atoms with E-state index in [1.54, 1.807) is 0 Å². The highest BCUT2D eigenvalue weighted by Gasteiger charge is 2.29. The Labute approximate surface area is 101 Å². The van der Waals surface area contributed by atoms with Crippen molar-refractivity contribution in [2.24, 2.45) is 5.92 Å². The molecule has 1 aromatic rings. The van der Waals surface area contributed by atoms with Crippen LogP contribution in [-0.2, 0) is 6.42 Å².